The first kappa shape index (κ1) is 46.2. The van der Waals surface area contributed by atoms with Gasteiger partial charge in [0.2, 0.25) is 27.7 Å². The molecule has 1 aliphatic carbocycles. The molecule has 14 nitrogen and oxygen atoms in total. The number of benzene rings is 5. The van der Waals surface area contributed by atoms with Crippen molar-refractivity contribution in [1.29, 1.82) is 0 Å². The average Bonchev–Trinajstić information content (AvgIpc) is 4.00. The second kappa shape index (κ2) is 19.0. The number of fused-ring (bicyclic) bond motifs is 6. The Balaban J connectivity index is 0.895. The van der Waals surface area contributed by atoms with E-state index in [-0.39, 0.29) is 38.1 Å². The molecule has 1 saturated heterocycles. The van der Waals surface area contributed by atoms with Crippen molar-refractivity contribution in [3.8, 4) is 11.1 Å². The van der Waals surface area contributed by atoms with Gasteiger partial charge in [-0.05, 0) is 83.7 Å². The molecule has 1 fully saturated rings. The van der Waals surface area contributed by atoms with E-state index in [0.717, 1.165) is 44.3 Å². The fraction of sp³-hybridized carbons (Fsp3) is 0.321. The Labute approximate surface area is 396 Å². The van der Waals surface area contributed by atoms with Gasteiger partial charge in [0, 0.05) is 48.6 Å². The number of nitrogens with one attached hydrogen (secondary N) is 4. The Morgan fingerprint density at radius 2 is 1.43 bits per heavy atom. The van der Waals surface area contributed by atoms with E-state index < -0.39 is 51.0 Å². The van der Waals surface area contributed by atoms with Crippen LogP contribution in [0, 0.1) is 0 Å². The highest BCUT2D eigenvalue weighted by Crippen LogP contribution is 2.48. The summed E-state index contributed by atoms with van der Waals surface area (Å²) in [5, 5.41) is 9.45. The van der Waals surface area contributed by atoms with E-state index in [9.17, 15) is 27.6 Å². The van der Waals surface area contributed by atoms with Gasteiger partial charge in [-0.2, -0.15) is 0 Å². The molecule has 68 heavy (non-hydrogen) atoms. The van der Waals surface area contributed by atoms with Crippen LogP contribution in [0.1, 0.15) is 60.6 Å². The van der Waals surface area contributed by atoms with Gasteiger partial charge in [-0.15, -0.1) is 0 Å². The van der Waals surface area contributed by atoms with Crippen LogP contribution in [0.25, 0.3) is 22.0 Å². The van der Waals surface area contributed by atoms with Crippen LogP contribution in [0.2, 0.25) is 0 Å². The highest BCUT2D eigenvalue weighted by Gasteiger charge is 2.48. The number of alkyl carbamates (subject to hydrolysis) is 1. The lowest BCUT2D eigenvalue weighted by atomic mass is 9.74. The van der Waals surface area contributed by atoms with Crippen LogP contribution in [0.5, 0.6) is 0 Å². The number of aromatic nitrogens is 1. The number of carbonyl (C=O) groups is 4. The molecule has 0 saturated carbocycles. The second-order valence-corrected chi connectivity index (χ2v) is 20.5. The number of aromatic amines is 1. The van der Waals surface area contributed by atoms with Crippen LogP contribution in [-0.2, 0) is 52.3 Å². The molecule has 6 aromatic rings. The second-order valence-electron chi connectivity index (χ2n) is 18.6. The lowest BCUT2D eigenvalue weighted by molar-refractivity contribution is -0.141. The first-order chi connectivity index (χ1) is 32.7. The standard InChI is InChI=1S/C53H56N6O8S/c1-52(2,50(62)55-46(33-66-31-35-15-5-4-6-16-35)49(61)58-27-25-53(26-28-58)34-59(68(3,64)65)47-24-14-12-22-43(47)53)57-48(60)45(30-37-29-36-17-7-13-23-44(36)54-37)56-51(63)67-32-42-40-20-10-8-18-38(40)39-19-9-11-21-41(39)42/h4-24,29,42,45-46,54H,25-28,30-34H2,1-3H3,(H,55,62)(H,56,63)(H,57,60). The molecule has 2 unspecified atom stereocenters. The lowest BCUT2D eigenvalue weighted by Crippen LogP contribution is -2.63. The Bertz CT molecular complexity index is 2890. The van der Waals surface area contributed by atoms with E-state index in [0.29, 0.717) is 43.9 Å². The monoisotopic (exact) mass is 936 g/mol. The number of hydrogen-bond acceptors (Lipinski definition) is 8. The number of carbonyl (C=O) groups excluding carboxylic acids is 4. The first-order valence-electron chi connectivity index (χ1n) is 23.0. The smallest absolute Gasteiger partial charge is 0.407 e. The van der Waals surface area contributed by atoms with Gasteiger partial charge < -0.3 is 35.3 Å². The molecule has 9 rings (SSSR count). The number of piperidine rings is 1. The summed E-state index contributed by atoms with van der Waals surface area (Å²) in [7, 11) is -3.53. The Morgan fingerprint density at radius 1 is 0.794 bits per heavy atom. The minimum Gasteiger partial charge on any atom is -0.449 e. The molecule has 0 bridgehead atoms. The number of hydrogen-bond donors (Lipinski definition) is 4. The predicted octanol–water partition coefficient (Wildman–Crippen LogP) is 6.55. The molecule has 4 amide bonds. The minimum atomic E-state index is -3.53. The summed E-state index contributed by atoms with van der Waals surface area (Å²) < 4.78 is 39.0. The number of ether oxygens (including phenoxy) is 2. The van der Waals surface area contributed by atoms with Crippen molar-refractivity contribution in [2.24, 2.45) is 0 Å². The fourth-order valence-electron chi connectivity index (χ4n) is 9.97. The number of nitrogens with zero attached hydrogens (tertiary/aromatic N) is 2. The van der Waals surface area contributed by atoms with Crippen molar-refractivity contribution in [1.82, 2.24) is 25.8 Å². The van der Waals surface area contributed by atoms with Crippen LogP contribution in [-0.4, -0.2) is 98.8 Å². The van der Waals surface area contributed by atoms with Gasteiger partial charge in [0.05, 0.1) is 25.2 Å². The number of sulfonamides is 1. The number of H-pyrrole nitrogens is 1. The topological polar surface area (TPSA) is 179 Å². The summed E-state index contributed by atoms with van der Waals surface area (Å²) in [6, 6.07) is 40.3. The fourth-order valence-corrected chi connectivity index (χ4v) is 11.0. The molecule has 2 atom stereocenters. The summed E-state index contributed by atoms with van der Waals surface area (Å²) in [5.74, 6) is -1.83. The summed E-state index contributed by atoms with van der Waals surface area (Å²) in [6.45, 7) is 4.10. The summed E-state index contributed by atoms with van der Waals surface area (Å²) >= 11 is 0. The number of anilines is 1. The molecule has 5 aromatic carbocycles. The quantitative estimate of drug-likeness (QED) is 0.0895. The number of likely N-dealkylation sites (tertiary alicyclic amines) is 1. The van der Waals surface area contributed by atoms with Crippen LogP contribution in [0.15, 0.2) is 133 Å². The molecule has 0 radical (unpaired) electrons. The van der Waals surface area contributed by atoms with Gasteiger partial charge in [-0.3, -0.25) is 18.7 Å². The van der Waals surface area contributed by atoms with Crippen molar-refractivity contribution in [3.05, 3.63) is 161 Å². The van der Waals surface area contributed by atoms with E-state index in [1.54, 1.807) is 4.90 Å². The van der Waals surface area contributed by atoms with Crippen molar-refractivity contribution in [2.75, 3.05) is 43.4 Å². The maximum atomic E-state index is 14.5. The molecule has 3 aliphatic rings. The van der Waals surface area contributed by atoms with Gasteiger partial charge in [-0.25, -0.2) is 13.2 Å². The Kier molecular flexibility index (Phi) is 12.9. The third-order valence-electron chi connectivity index (χ3n) is 13.6. The Hall–Kier alpha value is -6.97. The largest absolute Gasteiger partial charge is 0.449 e. The molecule has 2 aliphatic heterocycles. The van der Waals surface area contributed by atoms with Crippen molar-refractivity contribution in [2.45, 2.75) is 68.7 Å². The summed E-state index contributed by atoms with van der Waals surface area (Å²) in [5.41, 5.74) is 6.26. The van der Waals surface area contributed by atoms with Gasteiger partial charge in [-0.1, -0.05) is 115 Å². The van der Waals surface area contributed by atoms with Gasteiger partial charge in [0.1, 0.15) is 24.2 Å². The minimum absolute atomic E-state index is 0.0423. The molecular formula is C53H56N6O8S. The third-order valence-corrected chi connectivity index (χ3v) is 14.7. The van der Waals surface area contributed by atoms with Gasteiger partial charge >= 0.3 is 6.09 Å². The van der Waals surface area contributed by atoms with Crippen LogP contribution < -0.4 is 20.3 Å². The Morgan fingerprint density at radius 3 is 2.12 bits per heavy atom. The molecule has 352 valence electrons. The van der Waals surface area contributed by atoms with Crippen molar-refractivity contribution in [3.63, 3.8) is 0 Å². The van der Waals surface area contributed by atoms with Crippen LogP contribution in [0.4, 0.5) is 10.5 Å². The first-order valence-corrected chi connectivity index (χ1v) is 24.8. The maximum Gasteiger partial charge on any atom is 0.407 e. The van der Waals surface area contributed by atoms with Crippen LogP contribution >= 0.6 is 0 Å². The lowest BCUT2D eigenvalue weighted by Gasteiger charge is -2.41. The summed E-state index contributed by atoms with van der Waals surface area (Å²) in [4.78, 5) is 61.9. The maximum absolute atomic E-state index is 14.5. The van der Waals surface area contributed by atoms with E-state index in [1.165, 1.54) is 24.4 Å². The van der Waals surface area contributed by atoms with E-state index in [4.69, 9.17) is 9.47 Å². The number of para-hydroxylation sites is 2. The molecule has 4 N–H and O–H groups in total. The predicted molar refractivity (Wildman–Crippen MR) is 260 cm³/mol. The van der Waals surface area contributed by atoms with E-state index in [2.05, 4.69) is 33.1 Å². The third kappa shape index (κ3) is 9.58. The molecule has 3 heterocycles. The van der Waals surface area contributed by atoms with Crippen LogP contribution in [0.3, 0.4) is 0 Å². The molecule has 15 heteroatoms. The normalized spacial score (nSPS) is 16.1. The zero-order valence-electron chi connectivity index (χ0n) is 38.4. The number of amides is 4. The molecule has 1 aromatic heterocycles. The van der Waals surface area contributed by atoms with Crippen molar-refractivity contribution >= 4 is 50.4 Å². The highest BCUT2D eigenvalue weighted by molar-refractivity contribution is 7.92. The highest BCUT2D eigenvalue weighted by atomic mass is 32.2. The van der Waals surface area contributed by atoms with E-state index >= 15 is 0 Å². The summed E-state index contributed by atoms with van der Waals surface area (Å²) in [6.07, 6.45) is 1.51. The van der Waals surface area contributed by atoms with Crippen molar-refractivity contribution < 1.29 is 37.1 Å². The average molecular weight is 937 g/mol. The van der Waals surface area contributed by atoms with Gasteiger partial charge in [0.25, 0.3) is 0 Å². The van der Waals surface area contributed by atoms with E-state index in [1.807, 2.05) is 121 Å². The van der Waals surface area contributed by atoms with Gasteiger partial charge in [0.15, 0.2) is 0 Å². The number of rotatable bonds is 15. The zero-order valence-corrected chi connectivity index (χ0v) is 39.2. The molecule has 1 spiro atoms. The SMILES string of the molecule is CC(C)(NC(=O)C(Cc1cc2ccccc2[nH]1)NC(=O)OCC1c2ccccc2-c2ccccc21)C(=O)NC(COCc1ccccc1)C(=O)N1CCC2(CC1)CN(S(C)(=O)=O)c1ccccc12. The zero-order chi connectivity index (χ0) is 47.6. The molecular weight excluding hydrogens is 881 g/mol.